The van der Waals surface area contributed by atoms with E-state index in [1.165, 1.54) is 9.13 Å². The zero-order valence-corrected chi connectivity index (χ0v) is 12.6. The van der Waals surface area contributed by atoms with Crippen LogP contribution in [0.4, 0.5) is 0 Å². The summed E-state index contributed by atoms with van der Waals surface area (Å²) in [5.74, 6) is 0. The SMILES string of the molecule is CCNC(Cc1ccccn1)c1ccccc1I. The smallest absolute Gasteiger partial charge is 0.0422 e. The number of hydrogen-bond donors (Lipinski definition) is 1. The van der Waals surface area contributed by atoms with E-state index in [-0.39, 0.29) is 0 Å². The Hall–Kier alpha value is -0.940. The zero-order valence-electron chi connectivity index (χ0n) is 10.4. The van der Waals surface area contributed by atoms with Gasteiger partial charge in [0, 0.05) is 27.9 Å². The van der Waals surface area contributed by atoms with E-state index < -0.39 is 0 Å². The van der Waals surface area contributed by atoms with Gasteiger partial charge < -0.3 is 5.32 Å². The van der Waals surface area contributed by atoms with Crippen LogP contribution in [-0.4, -0.2) is 11.5 Å². The molecule has 1 atom stereocenters. The van der Waals surface area contributed by atoms with Crippen LogP contribution < -0.4 is 5.32 Å². The predicted octanol–water partition coefficient (Wildman–Crippen LogP) is 3.58. The summed E-state index contributed by atoms with van der Waals surface area (Å²) < 4.78 is 1.30. The van der Waals surface area contributed by atoms with E-state index in [2.05, 4.69) is 70.1 Å². The molecule has 18 heavy (non-hydrogen) atoms. The molecule has 3 heteroatoms. The molecule has 1 heterocycles. The third-order valence-corrected chi connectivity index (χ3v) is 3.85. The zero-order chi connectivity index (χ0) is 12.8. The number of rotatable bonds is 5. The summed E-state index contributed by atoms with van der Waals surface area (Å²) in [6.07, 6.45) is 2.78. The lowest BCUT2D eigenvalue weighted by Crippen LogP contribution is -2.24. The molecule has 0 aliphatic rings. The van der Waals surface area contributed by atoms with E-state index in [1.54, 1.807) is 0 Å². The molecule has 0 saturated carbocycles. The first-order valence-corrected chi connectivity index (χ1v) is 7.27. The molecule has 2 rings (SSSR count). The molecule has 94 valence electrons. The Kier molecular flexibility index (Phi) is 5.13. The summed E-state index contributed by atoms with van der Waals surface area (Å²) in [4.78, 5) is 4.41. The molecule has 1 aromatic carbocycles. The highest BCUT2D eigenvalue weighted by Crippen LogP contribution is 2.22. The van der Waals surface area contributed by atoms with E-state index >= 15 is 0 Å². The number of halogens is 1. The second-order valence-corrected chi connectivity index (χ2v) is 5.32. The molecule has 0 bridgehead atoms. The Balaban J connectivity index is 2.21. The maximum absolute atomic E-state index is 4.41. The summed E-state index contributed by atoms with van der Waals surface area (Å²) >= 11 is 2.40. The molecule has 1 N–H and O–H groups in total. The predicted molar refractivity (Wildman–Crippen MR) is 83.5 cm³/mol. The van der Waals surface area contributed by atoms with E-state index in [0.717, 1.165) is 18.7 Å². The summed E-state index contributed by atoms with van der Waals surface area (Å²) in [5.41, 5.74) is 2.48. The van der Waals surface area contributed by atoms with Gasteiger partial charge in [-0.2, -0.15) is 0 Å². The van der Waals surface area contributed by atoms with Crippen LogP contribution in [0.3, 0.4) is 0 Å². The Bertz CT molecular complexity index is 485. The van der Waals surface area contributed by atoms with Gasteiger partial charge in [-0.25, -0.2) is 0 Å². The normalized spacial score (nSPS) is 12.3. The summed E-state index contributed by atoms with van der Waals surface area (Å²) in [5, 5.41) is 3.54. The summed E-state index contributed by atoms with van der Waals surface area (Å²) in [7, 11) is 0. The minimum Gasteiger partial charge on any atom is -0.310 e. The fourth-order valence-corrected chi connectivity index (χ4v) is 2.79. The molecule has 0 spiro atoms. The summed E-state index contributed by atoms with van der Waals surface area (Å²) in [6, 6.07) is 14.9. The van der Waals surface area contributed by atoms with Crippen LogP contribution in [0.5, 0.6) is 0 Å². The first kappa shape index (κ1) is 13.5. The van der Waals surface area contributed by atoms with Gasteiger partial charge in [-0.05, 0) is 52.9 Å². The number of likely N-dealkylation sites (N-methyl/N-ethyl adjacent to an activating group) is 1. The average molecular weight is 352 g/mol. The molecule has 0 amide bonds. The number of hydrogen-bond acceptors (Lipinski definition) is 2. The van der Waals surface area contributed by atoms with Crippen molar-refractivity contribution in [2.45, 2.75) is 19.4 Å². The van der Waals surface area contributed by atoms with Crippen molar-refractivity contribution in [3.63, 3.8) is 0 Å². The minimum atomic E-state index is 0.331. The standard InChI is InChI=1S/C15H17IN2/c1-2-17-15(11-12-7-5-6-10-18-12)13-8-3-4-9-14(13)16/h3-10,15,17H,2,11H2,1H3. The monoisotopic (exact) mass is 352 g/mol. The van der Waals surface area contributed by atoms with Crippen LogP contribution in [0, 0.1) is 3.57 Å². The maximum atomic E-state index is 4.41. The Morgan fingerprint density at radius 3 is 2.61 bits per heavy atom. The number of pyridine rings is 1. The molecular formula is C15H17IN2. The van der Waals surface area contributed by atoms with Crippen LogP contribution in [0.15, 0.2) is 48.7 Å². The fraction of sp³-hybridized carbons (Fsp3) is 0.267. The molecule has 2 nitrogen and oxygen atoms in total. The number of benzene rings is 1. The second-order valence-electron chi connectivity index (χ2n) is 4.16. The lowest BCUT2D eigenvalue weighted by atomic mass is 10.0. The van der Waals surface area contributed by atoms with Crippen LogP contribution in [0.2, 0.25) is 0 Å². The van der Waals surface area contributed by atoms with Gasteiger partial charge >= 0.3 is 0 Å². The van der Waals surface area contributed by atoms with E-state index in [9.17, 15) is 0 Å². The van der Waals surface area contributed by atoms with Crippen molar-refractivity contribution in [3.05, 3.63) is 63.5 Å². The highest BCUT2D eigenvalue weighted by atomic mass is 127. The van der Waals surface area contributed by atoms with Crippen molar-refractivity contribution >= 4 is 22.6 Å². The molecule has 0 saturated heterocycles. The summed E-state index contributed by atoms with van der Waals surface area (Å²) in [6.45, 7) is 3.10. The molecule has 0 aliphatic heterocycles. The van der Waals surface area contributed by atoms with Crippen LogP contribution in [-0.2, 0) is 6.42 Å². The van der Waals surface area contributed by atoms with Gasteiger partial charge in [-0.1, -0.05) is 31.2 Å². The topological polar surface area (TPSA) is 24.9 Å². The quantitative estimate of drug-likeness (QED) is 0.832. The van der Waals surface area contributed by atoms with E-state index in [0.29, 0.717) is 6.04 Å². The molecule has 1 aromatic heterocycles. The van der Waals surface area contributed by atoms with Gasteiger partial charge in [-0.3, -0.25) is 4.98 Å². The largest absolute Gasteiger partial charge is 0.310 e. The van der Waals surface area contributed by atoms with E-state index in [1.807, 2.05) is 18.3 Å². The van der Waals surface area contributed by atoms with Gasteiger partial charge in [0.05, 0.1) is 0 Å². The first-order valence-electron chi connectivity index (χ1n) is 6.19. The highest BCUT2D eigenvalue weighted by Gasteiger charge is 2.14. The second kappa shape index (κ2) is 6.85. The van der Waals surface area contributed by atoms with Crippen LogP contribution in [0.25, 0.3) is 0 Å². The number of aromatic nitrogens is 1. The molecule has 2 aromatic rings. The molecule has 1 unspecified atom stereocenters. The van der Waals surface area contributed by atoms with Crippen molar-refractivity contribution in [2.75, 3.05) is 6.54 Å². The van der Waals surface area contributed by atoms with Gasteiger partial charge in [-0.15, -0.1) is 0 Å². The Morgan fingerprint density at radius 1 is 1.17 bits per heavy atom. The first-order chi connectivity index (χ1) is 8.81. The van der Waals surface area contributed by atoms with Gasteiger partial charge in [0.2, 0.25) is 0 Å². The van der Waals surface area contributed by atoms with E-state index in [4.69, 9.17) is 0 Å². The van der Waals surface area contributed by atoms with Crippen molar-refractivity contribution < 1.29 is 0 Å². The third-order valence-electron chi connectivity index (χ3n) is 2.87. The average Bonchev–Trinajstić information content (AvgIpc) is 2.40. The number of nitrogens with zero attached hydrogens (tertiary/aromatic N) is 1. The lowest BCUT2D eigenvalue weighted by Gasteiger charge is -2.19. The van der Waals surface area contributed by atoms with Crippen molar-refractivity contribution in [2.24, 2.45) is 0 Å². The lowest BCUT2D eigenvalue weighted by molar-refractivity contribution is 0.542. The van der Waals surface area contributed by atoms with Gasteiger partial charge in [0.25, 0.3) is 0 Å². The number of nitrogens with one attached hydrogen (secondary N) is 1. The van der Waals surface area contributed by atoms with Crippen molar-refractivity contribution in [1.29, 1.82) is 0 Å². The molecular weight excluding hydrogens is 335 g/mol. The molecule has 0 fully saturated rings. The minimum absolute atomic E-state index is 0.331. The Labute approximate surface area is 122 Å². The third kappa shape index (κ3) is 3.53. The molecule has 0 aliphatic carbocycles. The Morgan fingerprint density at radius 2 is 1.94 bits per heavy atom. The fourth-order valence-electron chi connectivity index (χ4n) is 2.02. The van der Waals surface area contributed by atoms with Crippen molar-refractivity contribution in [1.82, 2.24) is 10.3 Å². The van der Waals surface area contributed by atoms with Crippen LogP contribution in [0.1, 0.15) is 24.2 Å². The highest BCUT2D eigenvalue weighted by molar-refractivity contribution is 14.1. The van der Waals surface area contributed by atoms with Gasteiger partial charge in [0.1, 0.15) is 0 Å². The molecule has 0 radical (unpaired) electrons. The maximum Gasteiger partial charge on any atom is 0.0422 e. The van der Waals surface area contributed by atoms with Crippen molar-refractivity contribution in [3.8, 4) is 0 Å². The van der Waals surface area contributed by atoms with Gasteiger partial charge in [0.15, 0.2) is 0 Å². The van der Waals surface area contributed by atoms with Crippen LogP contribution >= 0.6 is 22.6 Å².